The van der Waals surface area contributed by atoms with Gasteiger partial charge >= 0.3 is 17.9 Å². The predicted molar refractivity (Wildman–Crippen MR) is 293 cm³/mol. The van der Waals surface area contributed by atoms with E-state index in [0.29, 0.717) is 19.3 Å². The van der Waals surface area contributed by atoms with Gasteiger partial charge in [0.1, 0.15) is 13.2 Å². The molecular formula is C62H120O6. The summed E-state index contributed by atoms with van der Waals surface area (Å²) in [7, 11) is 0. The van der Waals surface area contributed by atoms with Crippen molar-refractivity contribution in [3.05, 3.63) is 0 Å². The molecule has 1 unspecified atom stereocenters. The minimum atomic E-state index is -0.763. The minimum Gasteiger partial charge on any atom is -0.462 e. The summed E-state index contributed by atoms with van der Waals surface area (Å²) in [5, 5.41) is 0. The highest BCUT2D eigenvalue weighted by Crippen LogP contribution is 2.19. The lowest BCUT2D eigenvalue weighted by atomic mass is 9.99. The normalized spacial score (nSPS) is 12.4. The van der Waals surface area contributed by atoms with E-state index in [2.05, 4.69) is 34.6 Å². The summed E-state index contributed by atoms with van der Waals surface area (Å²) in [5.41, 5.74) is 0. The van der Waals surface area contributed by atoms with E-state index < -0.39 is 6.10 Å². The first-order valence-corrected chi connectivity index (χ1v) is 30.8. The van der Waals surface area contributed by atoms with Gasteiger partial charge in [0.15, 0.2) is 6.10 Å². The fraction of sp³-hybridized carbons (Fsp3) is 0.952. The molecule has 0 aliphatic heterocycles. The monoisotopic (exact) mass is 961 g/mol. The number of ether oxygens (including phenoxy) is 3. The number of hydrogen-bond acceptors (Lipinski definition) is 6. The Kier molecular flexibility index (Phi) is 53.5. The van der Waals surface area contributed by atoms with Gasteiger partial charge in [0.05, 0.1) is 0 Å². The van der Waals surface area contributed by atoms with Crippen molar-refractivity contribution in [3.8, 4) is 0 Å². The third-order valence-corrected chi connectivity index (χ3v) is 14.6. The fourth-order valence-electron chi connectivity index (χ4n) is 9.55. The number of esters is 3. The molecule has 0 aliphatic rings. The van der Waals surface area contributed by atoms with E-state index in [0.717, 1.165) is 69.6 Å². The van der Waals surface area contributed by atoms with Crippen molar-refractivity contribution >= 4 is 17.9 Å². The van der Waals surface area contributed by atoms with Gasteiger partial charge in [0, 0.05) is 19.3 Å². The highest BCUT2D eigenvalue weighted by Gasteiger charge is 2.19. The summed E-state index contributed by atoms with van der Waals surface area (Å²) in [5.74, 6) is 0.888. The summed E-state index contributed by atoms with van der Waals surface area (Å²) >= 11 is 0. The molecule has 0 fully saturated rings. The summed E-state index contributed by atoms with van der Waals surface area (Å²) in [6, 6.07) is 0. The van der Waals surface area contributed by atoms with Gasteiger partial charge in [0.25, 0.3) is 0 Å². The second-order valence-electron chi connectivity index (χ2n) is 22.1. The Balaban J connectivity index is 4.28. The molecule has 404 valence electrons. The Morgan fingerprint density at radius 1 is 0.309 bits per heavy atom. The van der Waals surface area contributed by atoms with Crippen LogP contribution in [0.25, 0.3) is 0 Å². The van der Waals surface area contributed by atoms with Crippen LogP contribution in [-0.4, -0.2) is 37.2 Å². The molecule has 0 radical (unpaired) electrons. The quantitative estimate of drug-likeness (QED) is 0.0343. The molecule has 0 saturated heterocycles. The molecule has 0 bridgehead atoms. The van der Waals surface area contributed by atoms with Crippen molar-refractivity contribution in [2.45, 2.75) is 355 Å². The maximum Gasteiger partial charge on any atom is 0.306 e. The molecule has 6 nitrogen and oxygen atoms in total. The van der Waals surface area contributed by atoms with Crippen LogP contribution in [0, 0.1) is 11.8 Å². The molecule has 0 rings (SSSR count). The van der Waals surface area contributed by atoms with E-state index in [1.807, 2.05) is 0 Å². The van der Waals surface area contributed by atoms with E-state index in [4.69, 9.17) is 14.2 Å². The Labute approximate surface area is 425 Å². The Hall–Kier alpha value is -1.59. The van der Waals surface area contributed by atoms with Crippen LogP contribution >= 0.6 is 0 Å². The fourth-order valence-corrected chi connectivity index (χ4v) is 9.55. The first-order chi connectivity index (χ1) is 33.3. The van der Waals surface area contributed by atoms with Gasteiger partial charge in [-0.1, -0.05) is 311 Å². The van der Waals surface area contributed by atoms with Gasteiger partial charge in [-0.15, -0.1) is 0 Å². The molecule has 0 heterocycles. The number of carbonyl (C=O) groups excluding carboxylic acids is 3. The summed E-state index contributed by atoms with van der Waals surface area (Å²) in [4.78, 5) is 38.2. The molecule has 6 heteroatoms. The Morgan fingerprint density at radius 2 is 0.559 bits per heavy atom. The zero-order chi connectivity index (χ0) is 49.6. The van der Waals surface area contributed by atoms with Crippen molar-refractivity contribution in [2.24, 2.45) is 11.8 Å². The maximum absolute atomic E-state index is 12.9. The third-order valence-electron chi connectivity index (χ3n) is 14.6. The smallest absolute Gasteiger partial charge is 0.306 e. The van der Waals surface area contributed by atoms with Crippen LogP contribution in [-0.2, 0) is 28.6 Å². The van der Waals surface area contributed by atoms with Gasteiger partial charge in [-0.2, -0.15) is 0 Å². The average molecular weight is 962 g/mol. The lowest BCUT2D eigenvalue weighted by molar-refractivity contribution is -0.167. The second kappa shape index (κ2) is 54.7. The Morgan fingerprint density at radius 3 is 0.838 bits per heavy atom. The van der Waals surface area contributed by atoms with E-state index in [1.54, 1.807) is 0 Å². The zero-order valence-electron chi connectivity index (χ0n) is 46.7. The summed E-state index contributed by atoms with van der Waals surface area (Å²) < 4.78 is 16.9. The van der Waals surface area contributed by atoms with E-state index in [1.165, 1.54) is 238 Å². The number of hydrogen-bond donors (Lipinski definition) is 0. The number of unbranched alkanes of at least 4 members (excludes halogenated alkanes) is 40. The van der Waals surface area contributed by atoms with Gasteiger partial charge < -0.3 is 14.2 Å². The molecule has 0 aromatic carbocycles. The van der Waals surface area contributed by atoms with E-state index in [-0.39, 0.29) is 31.1 Å². The maximum atomic E-state index is 12.9. The second-order valence-corrected chi connectivity index (χ2v) is 22.1. The Bertz CT molecular complexity index is 1040. The minimum absolute atomic E-state index is 0.0623. The molecule has 68 heavy (non-hydrogen) atoms. The molecule has 0 saturated carbocycles. The molecule has 0 aliphatic carbocycles. The molecule has 2 atom stereocenters. The van der Waals surface area contributed by atoms with Crippen molar-refractivity contribution in [2.75, 3.05) is 13.2 Å². The lowest BCUT2D eigenvalue weighted by Gasteiger charge is -2.18. The number of rotatable bonds is 56. The van der Waals surface area contributed by atoms with E-state index in [9.17, 15) is 14.4 Å². The predicted octanol–water partition coefficient (Wildman–Crippen LogP) is 20.4. The highest BCUT2D eigenvalue weighted by atomic mass is 16.6. The van der Waals surface area contributed by atoms with Crippen LogP contribution < -0.4 is 0 Å². The molecule has 0 N–H and O–H groups in total. The molecule has 0 aromatic heterocycles. The van der Waals surface area contributed by atoms with Crippen molar-refractivity contribution < 1.29 is 28.6 Å². The van der Waals surface area contributed by atoms with Crippen LogP contribution in [0.15, 0.2) is 0 Å². The van der Waals surface area contributed by atoms with E-state index >= 15 is 0 Å². The van der Waals surface area contributed by atoms with Crippen LogP contribution in [0.4, 0.5) is 0 Å². The molecule has 0 aromatic rings. The van der Waals surface area contributed by atoms with Gasteiger partial charge in [-0.05, 0) is 31.1 Å². The highest BCUT2D eigenvalue weighted by molar-refractivity contribution is 5.71. The first-order valence-electron chi connectivity index (χ1n) is 30.8. The van der Waals surface area contributed by atoms with Gasteiger partial charge in [-0.25, -0.2) is 0 Å². The van der Waals surface area contributed by atoms with Crippen LogP contribution in [0.2, 0.25) is 0 Å². The average Bonchev–Trinajstić information content (AvgIpc) is 3.32. The van der Waals surface area contributed by atoms with Gasteiger partial charge in [0.2, 0.25) is 0 Å². The standard InChI is InChI=1S/C62H120O6/c1-6-8-9-10-11-12-13-14-15-16-21-24-27-34-39-44-49-54-62(65)68-59(56-67-61(64)53-48-43-38-33-29-28-31-36-41-46-51-58(5)7-2)55-66-60(63)52-47-42-37-32-26-23-20-18-17-19-22-25-30-35-40-45-50-57(3)4/h57-59H,6-56H2,1-5H3/t58?,59-/m0/s1. The lowest BCUT2D eigenvalue weighted by Crippen LogP contribution is -2.30. The van der Waals surface area contributed by atoms with Gasteiger partial charge in [-0.3, -0.25) is 14.4 Å². The third kappa shape index (κ3) is 53.8. The van der Waals surface area contributed by atoms with Crippen LogP contribution in [0.1, 0.15) is 349 Å². The van der Waals surface area contributed by atoms with Crippen molar-refractivity contribution in [1.29, 1.82) is 0 Å². The summed E-state index contributed by atoms with van der Waals surface area (Å²) in [6.45, 7) is 11.5. The molecule has 0 spiro atoms. The zero-order valence-corrected chi connectivity index (χ0v) is 46.7. The topological polar surface area (TPSA) is 78.9 Å². The SMILES string of the molecule is CCCCCCCCCCCCCCCCCCCC(=O)O[C@@H](COC(=O)CCCCCCCCCCCCCCCCCCC(C)C)COC(=O)CCCCCCCCCCCCC(C)CC. The first kappa shape index (κ1) is 66.4. The van der Waals surface area contributed by atoms with Crippen molar-refractivity contribution in [3.63, 3.8) is 0 Å². The summed E-state index contributed by atoms with van der Waals surface area (Å²) in [6.07, 6.45) is 59.5. The molecular weight excluding hydrogens is 841 g/mol. The van der Waals surface area contributed by atoms with Crippen molar-refractivity contribution in [1.82, 2.24) is 0 Å². The van der Waals surface area contributed by atoms with Crippen LogP contribution in [0.3, 0.4) is 0 Å². The number of carbonyl (C=O) groups is 3. The van der Waals surface area contributed by atoms with Crippen LogP contribution in [0.5, 0.6) is 0 Å². The molecule has 0 amide bonds. The largest absolute Gasteiger partial charge is 0.462 e.